The number of aromatic nitrogens is 2. The molecule has 186 valence electrons. The minimum Gasteiger partial charge on any atom is -0.470 e. The Morgan fingerprint density at radius 1 is 1.03 bits per heavy atom. The Morgan fingerprint density at radius 3 is 2.23 bits per heavy atom. The fourth-order valence-electron chi connectivity index (χ4n) is 3.87. The summed E-state index contributed by atoms with van der Waals surface area (Å²) in [6.45, 7) is 5.01. The second kappa shape index (κ2) is 11.5. The summed E-state index contributed by atoms with van der Waals surface area (Å²) in [5.41, 5.74) is 6.43. The molecule has 3 rings (SSSR count). The number of esters is 1. The lowest BCUT2D eigenvalue weighted by Crippen LogP contribution is -2.48. The van der Waals surface area contributed by atoms with Crippen LogP contribution in [0.1, 0.15) is 27.0 Å². The molecule has 0 aliphatic rings. The van der Waals surface area contributed by atoms with Gasteiger partial charge in [-0.3, -0.25) is 4.79 Å². The largest absolute Gasteiger partial charge is 0.470 e. The number of nitrogens with zero attached hydrogens (tertiary/aromatic N) is 2. The molecule has 9 nitrogen and oxygen atoms in total. The number of primary amides is 1. The molecule has 1 aromatic heterocycles. The number of nitrogens with two attached hydrogens (primary N) is 1. The number of carbonyl (C=O) groups is 2. The third kappa shape index (κ3) is 6.60. The average Bonchev–Trinajstić information content (AvgIpc) is 3.36. The van der Waals surface area contributed by atoms with Crippen molar-refractivity contribution >= 4 is 12.1 Å². The maximum Gasteiger partial charge on any atom is 0.407 e. The summed E-state index contributed by atoms with van der Waals surface area (Å²) in [7, 11) is 1.55. The van der Waals surface area contributed by atoms with Gasteiger partial charge >= 0.3 is 12.1 Å². The van der Waals surface area contributed by atoms with Crippen LogP contribution in [0.15, 0.2) is 73.3 Å². The van der Waals surface area contributed by atoms with Crippen molar-refractivity contribution in [3.8, 4) is 16.9 Å². The molecule has 9 heteroatoms. The van der Waals surface area contributed by atoms with E-state index in [-0.39, 0.29) is 6.61 Å². The van der Waals surface area contributed by atoms with Crippen LogP contribution in [0.2, 0.25) is 0 Å². The number of rotatable bonds is 11. The van der Waals surface area contributed by atoms with E-state index in [1.54, 1.807) is 44.2 Å². The fourth-order valence-corrected chi connectivity index (χ4v) is 3.87. The third-order valence-electron chi connectivity index (χ3n) is 5.79. The van der Waals surface area contributed by atoms with E-state index in [2.05, 4.69) is 4.98 Å². The maximum atomic E-state index is 11.8. The zero-order valence-corrected chi connectivity index (χ0v) is 20.3. The van der Waals surface area contributed by atoms with Gasteiger partial charge in [0.2, 0.25) is 0 Å². The number of carbonyl (C=O) groups excluding carboxylic acids is 2. The molecular formula is C26H31N3O6. The van der Waals surface area contributed by atoms with Gasteiger partial charge in [-0.25, -0.2) is 9.78 Å². The standard InChI is InChI=1S/C26H31N3O6/c1-18(30)33-24(35-25(27)31)26(2,3)22(16-32-4)23(29-15-14-28-17-29)34-21-12-10-20(11-13-21)19-8-6-5-7-9-19/h5-15,17,22-24H,16H2,1-4H3,(H2,27,31). The van der Waals surface area contributed by atoms with E-state index in [4.69, 9.17) is 24.7 Å². The van der Waals surface area contributed by atoms with Crippen molar-refractivity contribution in [2.45, 2.75) is 33.3 Å². The van der Waals surface area contributed by atoms with Crippen LogP contribution in [-0.2, 0) is 19.0 Å². The quantitative estimate of drug-likeness (QED) is 0.319. The van der Waals surface area contributed by atoms with Gasteiger partial charge in [0, 0.05) is 31.8 Å². The zero-order chi connectivity index (χ0) is 25.4. The molecule has 3 aromatic rings. The normalized spacial score (nSPS) is 13.9. The van der Waals surface area contributed by atoms with Crippen LogP contribution in [0.4, 0.5) is 4.79 Å². The number of hydrogen-bond acceptors (Lipinski definition) is 7. The number of ether oxygens (including phenoxy) is 4. The highest BCUT2D eigenvalue weighted by atomic mass is 16.7. The highest BCUT2D eigenvalue weighted by Crippen LogP contribution is 2.41. The third-order valence-corrected chi connectivity index (χ3v) is 5.79. The molecule has 1 heterocycles. The first-order valence-corrected chi connectivity index (χ1v) is 11.1. The van der Waals surface area contributed by atoms with Crippen LogP contribution in [0, 0.1) is 11.3 Å². The van der Waals surface area contributed by atoms with Crippen molar-refractivity contribution in [2.75, 3.05) is 13.7 Å². The van der Waals surface area contributed by atoms with Crippen molar-refractivity contribution in [3.63, 3.8) is 0 Å². The maximum absolute atomic E-state index is 11.8. The molecule has 3 atom stereocenters. The molecular weight excluding hydrogens is 450 g/mol. The minimum absolute atomic E-state index is 0.192. The van der Waals surface area contributed by atoms with Crippen molar-refractivity contribution in [3.05, 3.63) is 73.3 Å². The van der Waals surface area contributed by atoms with Gasteiger partial charge in [0.15, 0.2) is 6.23 Å². The molecule has 35 heavy (non-hydrogen) atoms. The summed E-state index contributed by atoms with van der Waals surface area (Å²) in [5, 5.41) is 0. The number of benzene rings is 2. The second-order valence-corrected chi connectivity index (χ2v) is 8.67. The molecule has 2 N–H and O–H groups in total. The van der Waals surface area contributed by atoms with E-state index in [1.165, 1.54) is 6.92 Å². The lowest BCUT2D eigenvalue weighted by atomic mass is 9.77. The van der Waals surface area contributed by atoms with Crippen molar-refractivity contribution in [1.29, 1.82) is 0 Å². The van der Waals surface area contributed by atoms with E-state index >= 15 is 0 Å². The van der Waals surface area contributed by atoms with Gasteiger partial charge in [-0.1, -0.05) is 56.3 Å². The number of imidazole rings is 1. The molecule has 1 amide bonds. The van der Waals surface area contributed by atoms with Crippen LogP contribution in [-0.4, -0.2) is 41.6 Å². The number of amides is 1. The molecule has 0 aliphatic carbocycles. The van der Waals surface area contributed by atoms with E-state index < -0.39 is 35.9 Å². The predicted molar refractivity (Wildman–Crippen MR) is 129 cm³/mol. The van der Waals surface area contributed by atoms with Crippen LogP contribution < -0.4 is 10.5 Å². The van der Waals surface area contributed by atoms with Crippen molar-refractivity contribution < 1.29 is 28.5 Å². The molecule has 3 unspecified atom stereocenters. The van der Waals surface area contributed by atoms with Crippen LogP contribution in [0.5, 0.6) is 5.75 Å². The highest BCUT2D eigenvalue weighted by molar-refractivity contribution is 5.67. The van der Waals surface area contributed by atoms with Gasteiger partial charge in [-0.2, -0.15) is 0 Å². The zero-order valence-electron chi connectivity index (χ0n) is 20.3. The molecule has 0 bridgehead atoms. The van der Waals surface area contributed by atoms with Crippen molar-refractivity contribution in [2.24, 2.45) is 17.1 Å². The van der Waals surface area contributed by atoms with Gasteiger partial charge in [0.05, 0.1) is 18.9 Å². The Kier molecular flexibility index (Phi) is 8.48. The molecule has 0 spiro atoms. The Morgan fingerprint density at radius 2 is 1.69 bits per heavy atom. The van der Waals surface area contributed by atoms with E-state index in [1.807, 2.05) is 54.6 Å². The first-order valence-electron chi connectivity index (χ1n) is 11.1. The molecule has 2 aromatic carbocycles. The smallest absolute Gasteiger partial charge is 0.407 e. The molecule has 0 saturated carbocycles. The van der Waals surface area contributed by atoms with Crippen LogP contribution in [0.25, 0.3) is 11.1 Å². The van der Waals surface area contributed by atoms with E-state index in [9.17, 15) is 9.59 Å². The predicted octanol–water partition coefficient (Wildman–Crippen LogP) is 4.40. The summed E-state index contributed by atoms with van der Waals surface area (Å²) in [5.74, 6) is -0.476. The molecule has 0 aliphatic heterocycles. The van der Waals surface area contributed by atoms with Gasteiger partial charge in [0.25, 0.3) is 6.29 Å². The summed E-state index contributed by atoms with van der Waals surface area (Å²) < 4.78 is 24.3. The topological polar surface area (TPSA) is 115 Å². The monoisotopic (exact) mass is 481 g/mol. The average molecular weight is 482 g/mol. The van der Waals surface area contributed by atoms with Crippen LogP contribution in [0.3, 0.4) is 0 Å². The van der Waals surface area contributed by atoms with E-state index in [0.29, 0.717) is 5.75 Å². The Hall–Kier alpha value is -3.85. The first-order chi connectivity index (χ1) is 16.7. The molecule has 0 radical (unpaired) electrons. The fraction of sp³-hybridized carbons (Fsp3) is 0.346. The molecule has 0 saturated heterocycles. The minimum atomic E-state index is -1.27. The Labute approximate surface area is 204 Å². The van der Waals surface area contributed by atoms with Crippen molar-refractivity contribution in [1.82, 2.24) is 9.55 Å². The Balaban J connectivity index is 1.95. The first kappa shape index (κ1) is 25.8. The highest BCUT2D eigenvalue weighted by Gasteiger charge is 2.47. The summed E-state index contributed by atoms with van der Waals surface area (Å²) >= 11 is 0. The van der Waals surface area contributed by atoms with Gasteiger partial charge < -0.3 is 29.2 Å². The van der Waals surface area contributed by atoms with Gasteiger partial charge in [-0.15, -0.1) is 0 Å². The number of methoxy groups -OCH3 is 1. The van der Waals surface area contributed by atoms with Gasteiger partial charge in [-0.05, 0) is 23.3 Å². The molecule has 0 fully saturated rings. The number of hydrogen-bond donors (Lipinski definition) is 1. The summed E-state index contributed by atoms with van der Waals surface area (Å²) in [4.78, 5) is 27.5. The van der Waals surface area contributed by atoms with E-state index in [0.717, 1.165) is 11.1 Å². The SMILES string of the molecule is COCC(C(Oc1ccc(-c2ccccc2)cc1)n1ccnc1)C(C)(C)C(OC(C)=O)OC(N)=O. The summed E-state index contributed by atoms with van der Waals surface area (Å²) in [6.07, 6.45) is 2.04. The summed E-state index contributed by atoms with van der Waals surface area (Å²) in [6, 6.07) is 17.7. The lowest BCUT2D eigenvalue weighted by molar-refractivity contribution is -0.206. The lowest BCUT2D eigenvalue weighted by Gasteiger charge is -2.42. The Bertz CT molecular complexity index is 1070. The second-order valence-electron chi connectivity index (χ2n) is 8.67. The van der Waals surface area contributed by atoms with Gasteiger partial charge in [0.1, 0.15) is 5.75 Å². The van der Waals surface area contributed by atoms with Crippen LogP contribution >= 0.6 is 0 Å².